The topological polar surface area (TPSA) is 31.3 Å². The standard InChI is InChI=1S/C16H24N4O/c1-13-4-5-14(17-16-18(2)6-7-19(16)3)15(12-13)20-8-10-21-11-9-20/h4-5,12H,6-11H2,1-3H3. The summed E-state index contributed by atoms with van der Waals surface area (Å²) in [5, 5.41) is 0. The lowest BCUT2D eigenvalue weighted by Gasteiger charge is -2.30. The van der Waals surface area contributed by atoms with Crippen LogP contribution in [0.1, 0.15) is 5.56 Å². The first kappa shape index (κ1) is 14.2. The van der Waals surface area contributed by atoms with Gasteiger partial charge in [0.25, 0.3) is 0 Å². The van der Waals surface area contributed by atoms with Crippen LogP contribution in [0.5, 0.6) is 0 Å². The molecule has 1 aromatic carbocycles. The number of anilines is 1. The highest BCUT2D eigenvalue weighted by Crippen LogP contribution is 2.31. The summed E-state index contributed by atoms with van der Waals surface area (Å²) in [4.78, 5) is 11.7. The van der Waals surface area contributed by atoms with E-state index in [0.29, 0.717) is 0 Å². The van der Waals surface area contributed by atoms with Crippen molar-refractivity contribution in [1.29, 1.82) is 0 Å². The zero-order chi connectivity index (χ0) is 14.8. The van der Waals surface area contributed by atoms with Crippen molar-refractivity contribution in [3.05, 3.63) is 23.8 Å². The summed E-state index contributed by atoms with van der Waals surface area (Å²) in [6, 6.07) is 6.51. The van der Waals surface area contributed by atoms with Gasteiger partial charge < -0.3 is 19.4 Å². The highest BCUT2D eigenvalue weighted by Gasteiger charge is 2.21. The van der Waals surface area contributed by atoms with Crippen LogP contribution in [0.25, 0.3) is 0 Å². The van der Waals surface area contributed by atoms with Gasteiger partial charge in [-0.3, -0.25) is 0 Å². The number of hydrogen-bond acceptors (Lipinski definition) is 3. The lowest BCUT2D eigenvalue weighted by Crippen LogP contribution is -2.36. The summed E-state index contributed by atoms with van der Waals surface area (Å²) in [5.41, 5.74) is 3.55. The first-order valence-electron chi connectivity index (χ1n) is 7.59. The number of aliphatic imine (C=N–C) groups is 1. The molecule has 0 radical (unpaired) electrons. The van der Waals surface area contributed by atoms with Gasteiger partial charge in [-0.2, -0.15) is 0 Å². The molecule has 2 aliphatic heterocycles. The van der Waals surface area contributed by atoms with Gasteiger partial charge in [-0.05, 0) is 24.6 Å². The van der Waals surface area contributed by atoms with Crippen molar-refractivity contribution in [1.82, 2.24) is 9.80 Å². The number of benzene rings is 1. The second-order valence-corrected chi connectivity index (χ2v) is 5.85. The Morgan fingerprint density at radius 1 is 1.00 bits per heavy atom. The number of aryl methyl sites for hydroxylation is 1. The molecule has 0 spiro atoms. The second kappa shape index (κ2) is 5.93. The van der Waals surface area contributed by atoms with E-state index in [1.165, 1.54) is 11.3 Å². The van der Waals surface area contributed by atoms with E-state index < -0.39 is 0 Å². The second-order valence-electron chi connectivity index (χ2n) is 5.85. The Morgan fingerprint density at radius 3 is 2.33 bits per heavy atom. The van der Waals surface area contributed by atoms with Gasteiger partial charge in [0.1, 0.15) is 0 Å². The molecule has 0 bridgehead atoms. The average molecular weight is 288 g/mol. The van der Waals surface area contributed by atoms with E-state index >= 15 is 0 Å². The summed E-state index contributed by atoms with van der Waals surface area (Å²) in [6.45, 7) is 7.67. The predicted octanol–water partition coefficient (Wildman–Crippen LogP) is 1.70. The SMILES string of the molecule is Cc1ccc(N=C2N(C)CCN2C)c(N2CCOCC2)c1. The molecule has 0 atom stereocenters. The van der Waals surface area contributed by atoms with Crippen LogP contribution in [0.2, 0.25) is 0 Å². The Morgan fingerprint density at radius 2 is 1.67 bits per heavy atom. The largest absolute Gasteiger partial charge is 0.378 e. The smallest absolute Gasteiger partial charge is 0.201 e. The lowest BCUT2D eigenvalue weighted by atomic mass is 10.1. The molecule has 0 aliphatic carbocycles. The van der Waals surface area contributed by atoms with Crippen molar-refractivity contribution in [3.8, 4) is 0 Å². The molecule has 0 aromatic heterocycles. The van der Waals surface area contributed by atoms with Crippen molar-refractivity contribution < 1.29 is 4.74 Å². The van der Waals surface area contributed by atoms with Gasteiger partial charge in [0.05, 0.1) is 24.6 Å². The maximum absolute atomic E-state index is 5.46. The number of guanidine groups is 1. The Kier molecular flexibility index (Phi) is 4.01. The Bertz CT molecular complexity index is 525. The summed E-state index contributed by atoms with van der Waals surface area (Å²) < 4.78 is 5.46. The van der Waals surface area contributed by atoms with Crippen LogP contribution in [0.4, 0.5) is 11.4 Å². The molecule has 2 aliphatic rings. The van der Waals surface area contributed by atoms with E-state index in [9.17, 15) is 0 Å². The molecule has 0 saturated carbocycles. The number of nitrogens with zero attached hydrogens (tertiary/aromatic N) is 4. The Balaban J connectivity index is 1.96. The van der Waals surface area contributed by atoms with Crippen LogP contribution in [0.15, 0.2) is 23.2 Å². The van der Waals surface area contributed by atoms with Gasteiger partial charge in [-0.1, -0.05) is 6.07 Å². The molecule has 5 nitrogen and oxygen atoms in total. The van der Waals surface area contributed by atoms with Crippen molar-refractivity contribution in [3.63, 3.8) is 0 Å². The molecule has 2 fully saturated rings. The fourth-order valence-corrected chi connectivity index (χ4v) is 2.86. The molecular weight excluding hydrogens is 264 g/mol. The fraction of sp³-hybridized carbons (Fsp3) is 0.562. The van der Waals surface area contributed by atoms with Crippen LogP contribution in [0, 0.1) is 6.92 Å². The molecule has 114 valence electrons. The molecule has 2 saturated heterocycles. The third-order valence-corrected chi connectivity index (χ3v) is 4.16. The molecule has 0 unspecified atom stereocenters. The number of hydrogen-bond donors (Lipinski definition) is 0. The zero-order valence-electron chi connectivity index (χ0n) is 13.2. The Hall–Kier alpha value is -1.75. The highest BCUT2D eigenvalue weighted by atomic mass is 16.5. The number of ether oxygens (including phenoxy) is 1. The molecular formula is C16H24N4O. The summed E-state index contributed by atoms with van der Waals surface area (Å²) in [6.07, 6.45) is 0. The van der Waals surface area contributed by atoms with Crippen LogP contribution >= 0.6 is 0 Å². The highest BCUT2D eigenvalue weighted by molar-refractivity contribution is 5.86. The van der Waals surface area contributed by atoms with E-state index in [4.69, 9.17) is 9.73 Å². The normalized spacial score (nSPS) is 19.4. The minimum Gasteiger partial charge on any atom is -0.378 e. The third kappa shape index (κ3) is 2.97. The van der Waals surface area contributed by atoms with Gasteiger partial charge in [0, 0.05) is 40.3 Å². The number of morpholine rings is 1. The quantitative estimate of drug-likeness (QED) is 0.829. The first-order valence-corrected chi connectivity index (χ1v) is 7.59. The zero-order valence-corrected chi connectivity index (χ0v) is 13.2. The molecule has 0 N–H and O–H groups in total. The molecule has 0 amide bonds. The van der Waals surface area contributed by atoms with Crippen molar-refractivity contribution in [2.24, 2.45) is 4.99 Å². The van der Waals surface area contributed by atoms with Crippen LogP contribution in [-0.4, -0.2) is 69.2 Å². The van der Waals surface area contributed by atoms with Gasteiger partial charge in [0.2, 0.25) is 5.96 Å². The van der Waals surface area contributed by atoms with Crippen LogP contribution in [0.3, 0.4) is 0 Å². The minimum absolute atomic E-state index is 0.795. The monoisotopic (exact) mass is 288 g/mol. The third-order valence-electron chi connectivity index (χ3n) is 4.16. The van der Waals surface area contributed by atoms with Crippen LogP contribution in [-0.2, 0) is 4.74 Å². The van der Waals surface area contributed by atoms with Gasteiger partial charge in [0.15, 0.2) is 0 Å². The van der Waals surface area contributed by atoms with E-state index in [1.807, 2.05) is 0 Å². The summed E-state index contributed by atoms with van der Waals surface area (Å²) >= 11 is 0. The lowest BCUT2D eigenvalue weighted by molar-refractivity contribution is 0.123. The van der Waals surface area contributed by atoms with Gasteiger partial charge >= 0.3 is 0 Å². The van der Waals surface area contributed by atoms with Gasteiger partial charge in [-0.15, -0.1) is 0 Å². The molecule has 1 aromatic rings. The summed E-state index contributed by atoms with van der Waals surface area (Å²) in [5.74, 6) is 1.05. The van der Waals surface area contributed by atoms with E-state index in [2.05, 4.69) is 53.9 Å². The minimum atomic E-state index is 0.795. The molecule has 3 rings (SSSR count). The van der Waals surface area contributed by atoms with Gasteiger partial charge in [-0.25, -0.2) is 4.99 Å². The van der Waals surface area contributed by atoms with Crippen LogP contribution < -0.4 is 4.90 Å². The van der Waals surface area contributed by atoms with Crippen molar-refractivity contribution in [2.45, 2.75) is 6.92 Å². The molecule has 21 heavy (non-hydrogen) atoms. The van der Waals surface area contributed by atoms with Crippen molar-refractivity contribution >= 4 is 17.3 Å². The molecule has 5 heteroatoms. The van der Waals surface area contributed by atoms with E-state index in [0.717, 1.165) is 51.0 Å². The number of likely N-dealkylation sites (N-methyl/N-ethyl adjacent to an activating group) is 2. The maximum atomic E-state index is 5.46. The number of rotatable bonds is 2. The fourth-order valence-electron chi connectivity index (χ4n) is 2.86. The van der Waals surface area contributed by atoms with E-state index in [-0.39, 0.29) is 0 Å². The summed E-state index contributed by atoms with van der Waals surface area (Å²) in [7, 11) is 4.20. The average Bonchev–Trinajstić information content (AvgIpc) is 2.81. The van der Waals surface area contributed by atoms with E-state index in [1.54, 1.807) is 0 Å². The van der Waals surface area contributed by atoms with Crippen molar-refractivity contribution in [2.75, 3.05) is 58.4 Å². The Labute approximate surface area is 126 Å². The first-order chi connectivity index (χ1) is 10.1. The predicted molar refractivity (Wildman–Crippen MR) is 86.6 cm³/mol. The molecule has 2 heterocycles. The maximum Gasteiger partial charge on any atom is 0.201 e.